The summed E-state index contributed by atoms with van der Waals surface area (Å²) in [4.78, 5) is 24.9. The Kier molecular flexibility index (Phi) is 6.04. The topological polar surface area (TPSA) is 128 Å². The van der Waals surface area contributed by atoms with Crippen molar-refractivity contribution in [3.63, 3.8) is 0 Å². The highest BCUT2D eigenvalue weighted by molar-refractivity contribution is 7.90. The average Bonchev–Trinajstić information content (AvgIpc) is 2.94. The third kappa shape index (κ3) is 5.04. The summed E-state index contributed by atoms with van der Waals surface area (Å²) >= 11 is 0. The number of hydrogen-bond donors (Lipinski definition) is 3. The molecule has 0 bridgehead atoms. The van der Waals surface area contributed by atoms with E-state index in [9.17, 15) is 18.0 Å². The van der Waals surface area contributed by atoms with Crippen LogP contribution in [-0.4, -0.2) is 23.5 Å². The predicted octanol–water partition coefficient (Wildman–Crippen LogP) is 1.14. The van der Waals surface area contributed by atoms with Gasteiger partial charge in [0.1, 0.15) is 0 Å². The van der Waals surface area contributed by atoms with Crippen molar-refractivity contribution in [1.29, 1.82) is 0 Å². The molecule has 2 aromatic carbocycles. The summed E-state index contributed by atoms with van der Waals surface area (Å²) in [7, 11) is -3.86. The first-order chi connectivity index (χ1) is 13.8. The number of nitrogens with zero attached hydrogens (tertiary/aromatic N) is 2. The number of amides is 1. The summed E-state index contributed by atoms with van der Waals surface area (Å²) < 4.78 is 27.7. The minimum Gasteiger partial charge on any atom is -0.352 e. The second kappa shape index (κ2) is 8.50. The molecule has 0 aliphatic carbocycles. The van der Waals surface area contributed by atoms with Crippen LogP contribution in [0.5, 0.6) is 0 Å². The van der Waals surface area contributed by atoms with E-state index in [1.807, 2.05) is 31.2 Å². The smallest absolute Gasteiger partial charge is 0.329 e. The molecule has 3 rings (SSSR count). The monoisotopic (exact) mass is 417 g/mol. The fraction of sp³-hybridized carbons (Fsp3) is 0.263. The summed E-state index contributed by atoms with van der Waals surface area (Å²) in [5, 5.41) is 7.74. The van der Waals surface area contributed by atoms with Gasteiger partial charge in [0.25, 0.3) is 10.2 Å². The summed E-state index contributed by atoms with van der Waals surface area (Å²) in [5.74, 6) is -0.213. The Labute approximate surface area is 168 Å². The molecule has 9 nitrogen and oxygen atoms in total. The number of benzene rings is 2. The highest BCUT2D eigenvalue weighted by Crippen LogP contribution is 2.13. The predicted molar refractivity (Wildman–Crippen MR) is 112 cm³/mol. The normalized spacial score (nSPS) is 11.5. The number of aromatic nitrogens is 2. The van der Waals surface area contributed by atoms with Crippen LogP contribution in [0.2, 0.25) is 0 Å². The number of aryl methyl sites for hydroxylation is 2. The third-order valence-corrected chi connectivity index (χ3v) is 5.00. The molecule has 0 saturated carbocycles. The Bertz CT molecular complexity index is 1200. The van der Waals surface area contributed by atoms with Crippen molar-refractivity contribution >= 4 is 32.8 Å². The first-order valence-corrected chi connectivity index (χ1v) is 10.7. The number of imidazole rings is 1. The average molecular weight is 417 g/mol. The molecule has 0 saturated heterocycles. The van der Waals surface area contributed by atoms with Gasteiger partial charge in [-0.25, -0.2) is 9.93 Å². The lowest BCUT2D eigenvalue weighted by Gasteiger charge is -2.08. The van der Waals surface area contributed by atoms with E-state index in [2.05, 4.69) is 10.0 Å². The third-order valence-electron chi connectivity index (χ3n) is 4.48. The van der Waals surface area contributed by atoms with E-state index in [1.54, 1.807) is 33.4 Å². The summed E-state index contributed by atoms with van der Waals surface area (Å²) in [5.41, 5.74) is 2.54. The largest absolute Gasteiger partial charge is 0.352 e. The highest BCUT2D eigenvalue weighted by atomic mass is 32.2. The van der Waals surface area contributed by atoms with Crippen LogP contribution in [0.1, 0.15) is 18.9 Å². The van der Waals surface area contributed by atoms with E-state index in [-0.39, 0.29) is 31.1 Å². The van der Waals surface area contributed by atoms with Gasteiger partial charge >= 0.3 is 5.69 Å². The van der Waals surface area contributed by atoms with E-state index in [0.29, 0.717) is 17.8 Å². The number of carbonyl (C=O) groups is 1. The van der Waals surface area contributed by atoms with Gasteiger partial charge in [0.15, 0.2) is 0 Å². The molecule has 3 aromatic rings. The Balaban J connectivity index is 1.63. The van der Waals surface area contributed by atoms with Gasteiger partial charge in [-0.05, 0) is 36.8 Å². The lowest BCUT2D eigenvalue weighted by Crippen LogP contribution is -2.28. The van der Waals surface area contributed by atoms with Crippen molar-refractivity contribution in [2.75, 3.05) is 4.72 Å². The lowest BCUT2D eigenvalue weighted by atomic mass is 10.2. The number of hydrogen-bond acceptors (Lipinski definition) is 4. The molecule has 0 fully saturated rings. The minimum absolute atomic E-state index is 0.136. The zero-order chi connectivity index (χ0) is 21.0. The maximum atomic E-state index is 12.6. The van der Waals surface area contributed by atoms with E-state index in [0.717, 1.165) is 11.0 Å². The van der Waals surface area contributed by atoms with Gasteiger partial charge in [-0.15, -0.1) is 0 Å². The van der Waals surface area contributed by atoms with Crippen molar-refractivity contribution in [2.24, 2.45) is 5.14 Å². The van der Waals surface area contributed by atoms with E-state index in [4.69, 9.17) is 5.14 Å². The number of anilines is 1. The molecular weight excluding hydrogens is 394 g/mol. The zero-order valence-electron chi connectivity index (χ0n) is 16.0. The van der Waals surface area contributed by atoms with Crippen LogP contribution < -0.4 is 20.9 Å². The number of fused-ring (bicyclic) bond motifs is 1. The number of nitrogens with one attached hydrogen (secondary N) is 2. The molecule has 0 atom stereocenters. The maximum absolute atomic E-state index is 12.6. The Morgan fingerprint density at radius 2 is 1.76 bits per heavy atom. The van der Waals surface area contributed by atoms with E-state index in [1.165, 1.54) is 0 Å². The molecule has 10 heteroatoms. The van der Waals surface area contributed by atoms with Gasteiger partial charge in [-0.2, -0.15) is 8.42 Å². The molecule has 0 unspecified atom stereocenters. The molecule has 0 aliphatic heterocycles. The minimum atomic E-state index is -3.86. The fourth-order valence-electron chi connectivity index (χ4n) is 3.21. The molecular formula is C19H23N5O4S. The maximum Gasteiger partial charge on any atom is 0.329 e. The van der Waals surface area contributed by atoms with E-state index < -0.39 is 10.2 Å². The van der Waals surface area contributed by atoms with Crippen LogP contribution >= 0.6 is 0 Å². The molecule has 29 heavy (non-hydrogen) atoms. The van der Waals surface area contributed by atoms with Crippen molar-refractivity contribution in [3.05, 3.63) is 64.6 Å². The summed E-state index contributed by atoms with van der Waals surface area (Å²) in [6.45, 7) is 2.96. The first-order valence-electron chi connectivity index (χ1n) is 9.12. The Morgan fingerprint density at radius 3 is 2.41 bits per heavy atom. The van der Waals surface area contributed by atoms with Crippen molar-refractivity contribution in [1.82, 2.24) is 14.5 Å². The molecule has 4 N–H and O–H groups in total. The van der Waals surface area contributed by atoms with Gasteiger partial charge in [-0.1, -0.05) is 24.3 Å². The van der Waals surface area contributed by atoms with Crippen LogP contribution in [0.3, 0.4) is 0 Å². The second-order valence-electron chi connectivity index (χ2n) is 6.54. The first kappa shape index (κ1) is 20.6. The second-order valence-corrected chi connectivity index (χ2v) is 7.84. The summed E-state index contributed by atoms with van der Waals surface area (Å²) in [6.07, 6.45) is 0.146. The Morgan fingerprint density at radius 1 is 1.07 bits per heavy atom. The Hall–Kier alpha value is -3.11. The van der Waals surface area contributed by atoms with Gasteiger partial charge in [0.2, 0.25) is 5.91 Å². The number of para-hydroxylation sites is 2. The van der Waals surface area contributed by atoms with Crippen molar-refractivity contribution < 1.29 is 13.2 Å². The standard InChI is InChI=1S/C19H23N5O4S/c1-2-23-16-8-3-4-9-17(16)24(19(23)26)11-10-18(25)21-13-14-6-5-7-15(12-14)22-29(20,27)28/h3-9,12,22H,2,10-11,13H2,1H3,(H,21,25)(H2,20,27,28). The van der Waals surface area contributed by atoms with Gasteiger partial charge in [-0.3, -0.25) is 18.7 Å². The van der Waals surface area contributed by atoms with Gasteiger partial charge < -0.3 is 5.32 Å². The molecule has 0 aliphatic rings. The van der Waals surface area contributed by atoms with Crippen molar-refractivity contribution in [3.8, 4) is 0 Å². The molecule has 1 aromatic heterocycles. The quantitative estimate of drug-likeness (QED) is 0.508. The van der Waals surface area contributed by atoms with Crippen molar-refractivity contribution in [2.45, 2.75) is 33.0 Å². The summed E-state index contributed by atoms with van der Waals surface area (Å²) in [6, 6.07) is 14.1. The molecule has 1 heterocycles. The highest BCUT2D eigenvalue weighted by Gasteiger charge is 2.12. The molecule has 0 spiro atoms. The lowest BCUT2D eigenvalue weighted by molar-refractivity contribution is -0.121. The van der Waals surface area contributed by atoms with Gasteiger partial charge in [0.05, 0.1) is 16.7 Å². The van der Waals surface area contributed by atoms with Crippen LogP contribution in [0.15, 0.2) is 53.3 Å². The number of carbonyl (C=O) groups excluding carboxylic acids is 1. The van der Waals surface area contributed by atoms with Crippen LogP contribution in [0, 0.1) is 0 Å². The van der Waals surface area contributed by atoms with Crippen LogP contribution in [0.4, 0.5) is 5.69 Å². The van der Waals surface area contributed by atoms with Crippen LogP contribution in [-0.2, 0) is 34.6 Å². The zero-order valence-corrected chi connectivity index (χ0v) is 16.8. The van der Waals surface area contributed by atoms with Gasteiger partial charge in [0, 0.05) is 26.1 Å². The number of nitrogens with two attached hydrogens (primary N) is 1. The molecule has 1 amide bonds. The SMILES string of the molecule is CCn1c(=O)n(CCC(=O)NCc2cccc(NS(N)(=O)=O)c2)c2ccccc21. The molecule has 154 valence electrons. The molecule has 0 radical (unpaired) electrons. The van der Waals surface area contributed by atoms with Crippen LogP contribution in [0.25, 0.3) is 11.0 Å². The fourth-order valence-corrected chi connectivity index (χ4v) is 3.66. The van der Waals surface area contributed by atoms with E-state index >= 15 is 0 Å². The number of rotatable bonds is 8.